The monoisotopic (exact) mass is 356 g/mol. The average molecular weight is 357 g/mol. The first-order valence-corrected chi connectivity index (χ1v) is 11.7. The fourth-order valence-electron chi connectivity index (χ4n) is 4.32. The Kier molecular flexibility index (Phi) is 11.8. The Morgan fingerprint density at radius 1 is 0.583 bits per heavy atom. The summed E-state index contributed by atoms with van der Waals surface area (Å²) in [6.45, 7) is 15.9. The van der Waals surface area contributed by atoms with E-state index in [1.165, 1.54) is 50.0 Å². The molecule has 0 bridgehead atoms. The van der Waals surface area contributed by atoms with Crippen LogP contribution in [0.2, 0.25) is 0 Å². The lowest BCUT2D eigenvalue weighted by Gasteiger charge is -2.23. The highest BCUT2D eigenvalue weighted by Gasteiger charge is 2.15. The molecule has 0 spiro atoms. The molecule has 0 N–H and O–H groups in total. The zero-order chi connectivity index (χ0) is 17.9. The van der Waals surface area contributed by atoms with Crippen LogP contribution in [-0.4, -0.2) is 24.7 Å². The van der Waals surface area contributed by atoms with Crippen molar-refractivity contribution >= 4 is 11.8 Å². The predicted molar refractivity (Wildman–Crippen MR) is 111 cm³/mol. The van der Waals surface area contributed by atoms with Gasteiger partial charge in [-0.05, 0) is 66.3 Å². The van der Waals surface area contributed by atoms with E-state index in [0.717, 1.165) is 48.7 Å². The molecule has 6 atom stereocenters. The van der Waals surface area contributed by atoms with E-state index >= 15 is 0 Å². The van der Waals surface area contributed by atoms with Crippen molar-refractivity contribution in [2.45, 2.75) is 80.1 Å². The Morgan fingerprint density at radius 3 is 1.25 bits per heavy atom. The summed E-state index contributed by atoms with van der Waals surface area (Å²) in [4.78, 5) is 0. The van der Waals surface area contributed by atoms with Crippen LogP contribution in [0.1, 0.15) is 80.1 Å². The first-order chi connectivity index (χ1) is 11.4. The topological polar surface area (TPSA) is 9.23 Å². The standard InChI is InChI=1S/C8H16.C7H14O.C7H14S/c1-7-4-3-5-8(2)6-7;2*1-6-3-7(2)5-8-4-6/h7-8H,3-6H2,1-2H3;2*6-7H,3-5H2,1-2H3. The van der Waals surface area contributed by atoms with Crippen molar-refractivity contribution in [1.82, 2.24) is 0 Å². The second-order valence-electron chi connectivity index (χ2n) is 9.34. The fraction of sp³-hybridized carbons (Fsp3) is 1.00. The van der Waals surface area contributed by atoms with Crippen molar-refractivity contribution < 1.29 is 4.74 Å². The van der Waals surface area contributed by atoms with Gasteiger partial charge in [0, 0.05) is 13.2 Å². The van der Waals surface area contributed by atoms with Crippen LogP contribution in [0, 0.1) is 35.5 Å². The molecule has 1 saturated carbocycles. The van der Waals surface area contributed by atoms with Crippen LogP contribution in [0.4, 0.5) is 0 Å². The minimum absolute atomic E-state index is 0.791. The molecule has 24 heavy (non-hydrogen) atoms. The van der Waals surface area contributed by atoms with Gasteiger partial charge in [0.05, 0.1) is 0 Å². The maximum atomic E-state index is 5.29. The molecule has 3 aliphatic rings. The normalized spacial score (nSPS) is 39.8. The highest BCUT2D eigenvalue weighted by molar-refractivity contribution is 7.99. The lowest BCUT2D eigenvalue weighted by atomic mass is 9.84. The van der Waals surface area contributed by atoms with Gasteiger partial charge in [-0.25, -0.2) is 0 Å². The Morgan fingerprint density at radius 2 is 1.00 bits per heavy atom. The molecule has 144 valence electrons. The molecule has 0 radical (unpaired) electrons. The van der Waals surface area contributed by atoms with Gasteiger partial charge in [-0.2, -0.15) is 11.8 Å². The van der Waals surface area contributed by atoms with E-state index in [1.807, 2.05) is 0 Å². The van der Waals surface area contributed by atoms with Crippen molar-refractivity contribution in [3.63, 3.8) is 0 Å². The van der Waals surface area contributed by atoms with Crippen LogP contribution in [0.3, 0.4) is 0 Å². The highest BCUT2D eigenvalue weighted by Crippen LogP contribution is 2.27. The number of rotatable bonds is 0. The molecule has 1 aliphatic carbocycles. The molecule has 0 amide bonds. The predicted octanol–water partition coefficient (Wildman–Crippen LogP) is 6.91. The van der Waals surface area contributed by atoms with E-state index in [-0.39, 0.29) is 0 Å². The van der Waals surface area contributed by atoms with Crippen molar-refractivity contribution in [3.05, 3.63) is 0 Å². The molecule has 0 aromatic heterocycles. The third-order valence-corrected chi connectivity index (χ3v) is 7.03. The Hall–Kier alpha value is 0.310. The van der Waals surface area contributed by atoms with E-state index in [0.29, 0.717) is 0 Å². The van der Waals surface area contributed by atoms with Gasteiger partial charge in [-0.3, -0.25) is 0 Å². The molecule has 0 aromatic carbocycles. The van der Waals surface area contributed by atoms with E-state index in [1.54, 1.807) is 0 Å². The van der Waals surface area contributed by atoms with Gasteiger partial charge in [0.15, 0.2) is 0 Å². The van der Waals surface area contributed by atoms with Gasteiger partial charge in [0.2, 0.25) is 0 Å². The lowest BCUT2D eigenvalue weighted by Crippen LogP contribution is -2.21. The SMILES string of the molecule is CC1CCCC(C)C1.CC1COCC(C)C1.CC1CSCC(C)C1. The third kappa shape index (κ3) is 11.0. The fourth-order valence-corrected chi connectivity index (χ4v) is 5.54. The van der Waals surface area contributed by atoms with Gasteiger partial charge in [0.1, 0.15) is 0 Å². The lowest BCUT2D eigenvalue weighted by molar-refractivity contribution is 0.0274. The molecule has 6 unspecified atom stereocenters. The smallest absolute Gasteiger partial charge is 0.0491 e. The maximum Gasteiger partial charge on any atom is 0.0491 e. The van der Waals surface area contributed by atoms with Gasteiger partial charge in [-0.15, -0.1) is 0 Å². The van der Waals surface area contributed by atoms with Gasteiger partial charge < -0.3 is 4.74 Å². The molecule has 2 heteroatoms. The molecule has 1 nitrogen and oxygen atoms in total. The molecular weight excluding hydrogens is 312 g/mol. The number of hydrogen-bond acceptors (Lipinski definition) is 2. The Balaban J connectivity index is 0.000000180. The summed E-state index contributed by atoms with van der Waals surface area (Å²) < 4.78 is 5.29. The third-order valence-electron chi connectivity index (χ3n) is 5.42. The zero-order valence-corrected chi connectivity index (χ0v) is 18.2. The summed E-state index contributed by atoms with van der Waals surface area (Å²) in [6, 6.07) is 0. The van der Waals surface area contributed by atoms with Crippen LogP contribution in [0.5, 0.6) is 0 Å². The first kappa shape index (κ1) is 22.4. The van der Waals surface area contributed by atoms with E-state index in [9.17, 15) is 0 Å². The number of hydrogen-bond donors (Lipinski definition) is 0. The van der Waals surface area contributed by atoms with Crippen molar-refractivity contribution in [2.75, 3.05) is 24.7 Å². The summed E-state index contributed by atoms with van der Waals surface area (Å²) >= 11 is 2.11. The highest BCUT2D eigenvalue weighted by atomic mass is 32.2. The molecule has 0 aromatic rings. The van der Waals surface area contributed by atoms with Gasteiger partial charge >= 0.3 is 0 Å². The first-order valence-electron chi connectivity index (χ1n) is 10.5. The second-order valence-corrected chi connectivity index (χ2v) is 10.4. The summed E-state index contributed by atoms with van der Waals surface area (Å²) in [5.41, 5.74) is 0. The number of ether oxygens (including phenoxy) is 1. The molecule has 2 aliphatic heterocycles. The Bertz CT molecular complexity index is 235. The van der Waals surface area contributed by atoms with Gasteiger partial charge in [0.25, 0.3) is 0 Å². The van der Waals surface area contributed by atoms with Crippen molar-refractivity contribution in [1.29, 1.82) is 0 Å². The maximum absolute atomic E-state index is 5.29. The molecular formula is C22H44OS. The van der Waals surface area contributed by atoms with Crippen LogP contribution >= 0.6 is 11.8 Å². The van der Waals surface area contributed by atoms with Crippen LogP contribution in [-0.2, 0) is 4.74 Å². The summed E-state index contributed by atoms with van der Waals surface area (Å²) in [7, 11) is 0. The zero-order valence-electron chi connectivity index (χ0n) is 17.4. The summed E-state index contributed by atoms with van der Waals surface area (Å²) in [5, 5.41) is 0. The molecule has 3 fully saturated rings. The largest absolute Gasteiger partial charge is 0.381 e. The molecule has 3 rings (SSSR count). The summed E-state index contributed by atoms with van der Waals surface area (Å²) in [5.74, 6) is 8.34. The van der Waals surface area contributed by atoms with E-state index < -0.39 is 0 Å². The van der Waals surface area contributed by atoms with Crippen LogP contribution < -0.4 is 0 Å². The van der Waals surface area contributed by atoms with E-state index in [4.69, 9.17) is 4.74 Å². The van der Waals surface area contributed by atoms with Crippen molar-refractivity contribution in [3.8, 4) is 0 Å². The summed E-state index contributed by atoms with van der Waals surface area (Å²) in [6.07, 6.45) is 8.70. The molecule has 2 saturated heterocycles. The van der Waals surface area contributed by atoms with Crippen LogP contribution in [0.25, 0.3) is 0 Å². The quantitative estimate of drug-likeness (QED) is 0.466. The van der Waals surface area contributed by atoms with Crippen LogP contribution in [0.15, 0.2) is 0 Å². The second kappa shape index (κ2) is 12.6. The minimum atomic E-state index is 0.791. The Labute approximate surface area is 157 Å². The van der Waals surface area contributed by atoms with Gasteiger partial charge in [-0.1, -0.05) is 60.8 Å². The van der Waals surface area contributed by atoms with Crippen molar-refractivity contribution in [2.24, 2.45) is 35.5 Å². The number of thioether (sulfide) groups is 1. The average Bonchev–Trinajstić information content (AvgIpc) is 2.47. The van der Waals surface area contributed by atoms with E-state index in [2.05, 4.69) is 53.3 Å². The minimum Gasteiger partial charge on any atom is -0.381 e. The molecule has 2 heterocycles.